The van der Waals surface area contributed by atoms with Gasteiger partial charge in [0.1, 0.15) is 0 Å². The van der Waals surface area contributed by atoms with Gasteiger partial charge in [-0.05, 0) is 31.9 Å². The topological polar surface area (TPSA) is 89.5 Å². The quantitative estimate of drug-likeness (QED) is 0.683. The van der Waals surface area contributed by atoms with Crippen molar-refractivity contribution >= 4 is 23.2 Å². The number of nitrogens with zero attached hydrogens (tertiary/aromatic N) is 2. The zero-order valence-electron chi connectivity index (χ0n) is 11.1. The highest BCUT2D eigenvalue weighted by Crippen LogP contribution is 2.28. The van der Waals surface area contributed by atoms with Gasteiger partial charge in [0.2, 0.25) is 0 Å². The monoisotopic (exact) mass is 297 g/mol. The van der Waals surface area contributed by atoms with E-state index in [4.69, 9.17) is 17.3 Å². The van der Waals surface area contributed by atoms with Crippen LogP contribution in [0.2, 0.25) is 5.02 Å². The van der Waals surface area contributed by atoms with E-state index in [1.54, 1.807) is 4.90 Å². The predicted molar refractivity (Wildman–Crippen MR) is 75.8 cm³/mol. The second kappa shape index (κ2) is 5.76. The molecule has 2 unspecified atom stereocenters. The van der Waals surface area contributed by atoms with E-state index in [0.717, 1.165) is 6.42 Å². The van der Waals surface area contributed by atoms with Crippen molar-refractivity contribution in [1.82, 2.24) is 4.90 Å². The minimum absolute atomic E-state index is 0.0994. The van der Waals surface area contributed by atoms with Gasteiger partial charge in [-0.25, -0.2) is 0 Å². The normalized spacial score (nSPS) is 22.1. The fraction of sp³-hybridized carbons (Fsp3) is 0.462. The van der Waals surface area contributed by atoms with Crippen molar-refractivity contribution in [1.29, 1.82) is 0 Å². The number of benzene rings is 1. The molecule has 1 aliphatic rings. The van der Waals surface area contributed by atoms with Crippen LogP contribution in [0.1, 0.15) is 23.7 Å². The van der Waals surface area contributed by atoms with Crippen LogP contribution in [0.3, 0.4) is 0 Å². The largest absolute Gasteiger partial charge is 0.336 e. The number of amides is 1. The Morgan fingerprint density at radius 1 is 1.60 bits per heavy atom. The van der Waals surface area contributed by atoms with Gasteiger partial charge >= 0.3 is 0 Å². The molecule has 20 heavy (non-hydrogen) atoms. The highest BCUT2D eigenvalue weighted by molar-refractivity contribution is 6.34. The minimum atomic E-state index is -0.539. The summed E-state index contributed by atoms with van der Waals surface area (Å²) in [6, 6.07) is 4.00. The molecular weight excluding hydrogens is 282 g/mol. The number of halogens is 1. The molecule has 1 saturated heterocycles. The van der Waals surface area contributed by atoms with E-state index in [1.807, 2.05) is 6.92 Å². The van der Waals surface area contributed by atoms with E-state index < -0.39 is 4.92 Å². The Kier molecular flexibility index (Phi) is 4.25. The van der Waals surface area contributed by atoms with Crippen molar-refractivity contribution in [2.24, 2.45) is 11.7 Å². The third-order valence-corrected chi connectivity index (χ3v) is 3.96. The number of hydrogen-bond donors (Lipinski definition) is 1. The van der Waals surface area contributed by atoms with Crippen molar-refractivity contribution in [2.45, 2.75) is 19.4 Å². The summed E-state index contributed by atoms with van der Waals surface area (Å²) in [6.07, 6.45) is 0.868. The molecule has 108 valence electrons. The van der Waals surface area contributed by atoms with E-state index in [9.17, 15) is 14.9 Å². The maximum Gasteiger partial charge on any atom is 0.270 e. The first-order valence-electron chi connectivity index (χ1n) is 6.39. The Hall–Kier alpha value is -1.66. The first kappa shape index (κ1) is 14.7. The van der Waals surface area contributed by atoms with Gasteiger partial charge in [-0.15, -0.1) is 0 Å². The van der Waals surface area contributed by atoms with Crippen LogP contribution in [0.25, 0.3) is 0 Å². The van der Waals surface area contributed by atoms with Crippen LogP contribution in [-0.2, 0) is 0 Å². The van der Waals surface area contributed by atoms with Gasteiger partial charge < -0.3 is 10.6 Å². The van der Waals surface area contributed by atoms with Gasteiger partial charge in [0, 0.05) is 24.7 Å². The third-order valence-electron chi connectivity index (χ3n) is 3.65. The van der Waals surface area contributed by atoms with E-state index in [1.165, 1.54) is 18.2 Å². The lowest BCUT2D eigenvalue weighted by atomic mass is 10.1. The summed E-state index contributed by atoms with van der Waals surface area (Å²) in [4.78, 5) is 24.3. The number of likely N-dealkylation sites (tertiary alicyclic amines) is 1. The Bertz CT molecular complexity index is 550. The molecule has 1 aromatic carbocycles. The smallest absolute Gasteiger partial charge is 0.270 e. The summed E-state index contributed by atoms with van der Waals surface area (Å²) >= 11 is 5.99. The Morgan fingerprint density at radius 3 is 2.80 bits per heavy atom. The van der Waals surface area contributed by atoms with Crippen LogP contribution < -0.4 is 5.73 Å². The molecule has 0 aliphatic carbocycles. The van der Waals surface area contributed by atoms with Gasteiger partial charge in [0.15, 0.2) is 0 Å². The van der Waals surface area contributed by atoms with Gasteiger partial charge in [-0.2, -0.15) is 0 Å². The molecule has 1 aromatic rings. The number of nitro groups is 1. The van der Waals surface area contributed by atoms with Crippen molar-refractivity contribution < 1.29 is 9.72 Å². The number of hydrogen-bond acceptors (Lipinski definition) is 4. The van der Waals surface area contributed by atoms with Gasteiger partial charge in [0.25, 0.3) is 11.6 Å². The zero-order chi connectivity index (χ0) is 14.9. The molecule has 1 aliphatic heterocycles. The Balaban J connectivity index is 2.23. The molecule has 1 amide bonds. The summed E-state index contributed by atoms with van der Waals surface area (Å²) < 4.78 is 0. The van der Waals surface area contributed by atoms with Crippen LogP contribution in [-0.4, -0.2) is 34.9 Å². The number of rotatable bonds is 3. The van der Waals surface area contributed by atoms with E-state index in [0.29, 0.717) is 24.6 Å². The SMILES string of the molecule is CC1CC(CN)CN1C(=O)c1ccc([N+](=O)[O-])cc1Cl. The van der Waals surface area contributed by atoms with Crippen LogP contribution in [0.15, 0.2) is 18.2 Å². The highest BCUT2D eigenvalue weighted by atomic mass is 35.5. The molecule has 1 heterocycles. The zero-order valence-corrected chi connectivity index (χ0v) is 11.8. The lowest BCUT2D eigenvalue weighted by Gasteiger charge is -2.22. The number of carbonyl (C=O) groups excluding carboxylic acids is 1. The number of carbonyl (C=O) groups is 1. The maximum absolute atomic E-state index is 12.5. The van der Waals surface area contributed by atoms with Crippen molar-refractivity contribution in [3.8, 4) is 0 Å². The van der Waals surface area contributed by atoms with E-state index >= 15 is 0 Å². The second-order valence-electron chi connectivity index (χ2n) is 5.07. The Morgan fingerprint density at radius 2 is 2.30 bits per heavy atom. The lowest BCUT2D eigenvalue weighted by Crippen LogP contribution is -2.34. The number of nitro benzene ring substituents is 1. The molecule has 6 nitrogen and oxygen atoms in total. The summed E-state index contributed by atoms with van der Waals surface area (Å²) in [5.41, 5.74) is 5.81. The average Bonchev–Trinajstić information content (AvgIpc) is 2.79. The van der Waals surface area contributed by atoms with Gasteiger partial charge in [0.05, 0.1) is 15.5 Å². The molecule has 0 aromatic heterocycles. The van der Waals surface area contributed by atoms with Crippen LogP contribution >= 0.6 is 11.6 Å². The fourth-order valence-corrected chi connectivity index (χ4v) is 2.80. The summed E-state index contributed by atoms with van der Waals surface area (Å²) in [5.74, 6) is 0.0964. The molecule has 0 bridgehead atoms. The molecule has 0 saturated carbocycles. The van der Waals surface area contributed by atoms with Crippen LogP contribution in [0, 0.1) is 16.0 Å². The highest BCUT2D eigenvalue weighted by Gasteiger charge is 2.33. The number of non-ortho nitro benzene ring substituents is 1. The average molecular weight is 298 g/mol. The molecular formula is C13H16ClN3O3. The molecule has 1 fully saturated rings. The maximum atomic E-state index is 12.5. The molecule has 2 N–H and O–H groups in total. The molecule has 7 heteroatoms. The summed E-state index contributed by atoms with van der Waals surface area (Å²) in [6.45, 7) is 3.11. The predicted octanol–water partition coefficient (Wildman–Crippen LogP) is 2.06. The van der Waals surface area contributed by atoms with E-state index in [-0.39, 0.29) is 22.7 Å². The standard InChI is InChI=1S/C13H16ClN3O3/c1-8-4-9(6-15)7-16(8)13(18)11-3-2-10(17(19)20)5-12(11)14/h2-3,5,8-9H,4,6-7,15H2,1H3. The third kappa shape index (κ3) is 2.76. The molecule has 2 rings (SSSR count). The summed E-state index contributed by atoms with van der Waals surface area (Å²) in [7, 11) is 0. The number of nitrogens with two attached hydrogens (primary N) is 1. The van der Waals surface area contributed by atoms with Gasteiger partial charge in [-0.1, -0.05) is 11.6 Å². The van der Waals surface area contributed by atoms with Crippen LogP contribution in [0.5, 0.6) is 0 Å². The molecule has 2 atom stereocenters. The minimum Gasteiger partial charge on any atom is -0.336 e. The lowest BCUT2D eigenvalue weighted by molar-refractivity contribution is -0.384. The molecule has 0 radical (unpaired) electrons. The van der Waals surface area contributed by atoms with Crippen LogP contribution in [0.4, 0.5) is 5.69 Å². The first-order valence-corrected chi connectivity index (χ1v) is 6.76. The van der Waals surface area contributed by atoms with Crippen molar-refractivity contribution in [2.75, 3.05) is 13.1 Å². The summed E-state index contributed by atoms with van der Waals surface area (Å²) in [5, 5.41) is 10.8. The van der Waals surface area contributed by atoms with Gasteiger partial charge in [-0.3, -0.25) is 14.9 Å². The first-order chi connectivity index (χ1) is 9.43. The second-order valence-corrected chi connectivity index (χ2v) is 5.47. The van der Waals surface area contributed by atoms with Crippen molar-refractivity contribution in [3.05, 3.63) is 38.9 Å². The molecule has 0 spiro atoms. The Labute approximate surface area is 121 Å². The van der Waals surface area contributed by atoms with E-state index in [2.05, 4.69) is 0 Å². The van der Waals surface area contributed by atoms with Crippen molar-refractivity contribution in [3.63, 3.8) is 0 Å². The fourth-order valence-electron chi connectivity index (χ4n) is 2.54.